The van der Waals surface area contributed by atoms with E-state index in [1.165, 1.54) is 0 Å². The van der Waals surface area contributed by atoms with Crippen LogP contribution in [0.2, 0.25) is 10.0 Å². The number of rotatable bonds is 5. The average Bonchev–Trinajstić information content (AvgIpc) is 2.89. The maximum atomic E-state index is 12.2. The summed E-state index contributed by atoms with van der Waals surface area (Å²) >= 11 is 11.9. The highest BCUT2D eigenvalue weighted by Gasteiger charge is 2.14. The SMILES string of the molecule is CCC(C)n1ccc(CC(=O)c2cc(Cl)ccc2Cl)n1. The van der Waals surface area contributed by atoms with E-state index in [4.69, 9.17) is 23.2 Å². The van der Waals surface area contributed by atoms with Gasteiger partial charge >= 0.3 is 0 Å². The maximum absolute atomic E-state index is 12.2. The van der Waals surface area contributed by atoms with Crippen LogP contribution in [0, 0.1) is 0 Å². The minimum absolute atomic E-state index is 0.0769. The van der Waals surface area contributed by atoms with Gasteiger partial charge in [-0.05, 0) is 37.6 Å². The summed E-state index contributed by atoms with van der Waals surface area (Å²) in [5.41, 5.74) is 1.18. The van der Waals surface area contributed by atoms with Gasteiger partial charge < -0.3 is 0 Å². The maximum Gasteiger partial charge on any atom is 0.170 e. The Morgan fingerprint density at radius 3 is 2.80 bits per heavy atom. The molecule has 20 heavy (non-hydrogen) atoms. The zero-order valence-electron chi connectivity index (χ0n) is 11.4. The molecule has 1 atom stereocenters. The second-order valence-electron chi connectivity index (χ2n) is 4.77. The standard InChI is InChI=1S/C15H16Cl2N2O/c1-3-10(2)19-7-6-12(18-19)9-15(20)13-8-11(16)4-5-14(13)17/h4-8,10H,3,9H2,1-2H3. The van der Waals surface area contributed by atoms with Gasteiger partial charge in [-0.2, -0.15) is 5.10 Å². The minimum atomic E-state index is -0.0769. The molecule has 2 aromatic rings. The number of aromatic nitrogens is 2. The molecule has 0 amide bonds. The molecule has 106 valence electrons. The van der Waals surface area contributed by atoms with Crippen molar-refractivity contribution >= 4 is 29.0 Å². The molecule has 0 radical (unpaired) electrons. The van der Waals surface area contributed by atoms with Gasteiger partial charge in [0.1, 0.15) is 0 Å². The Labute approximate surface area is 128 Å². The smallest absolute Gasteiger partial charge is 0.170 e. The molecule has 5 heteroatoms. The third-order valence-electron chi connectivity index (χ3n) is 3.28. The summed E-state index contributed by atoms with van der Waals surface area (Å²) in [6, 6.07) is 7.08. The van der Waals surface area contributed by atoms with Crippen molar-refractivity contribution in [2.75, 3.05) is 0 Å². The molecular formula is C15H16Cl2N2O. The predicted octanol–water partition coefficient (Wildman–Crippen LogP) is 4.59. The third-order valence-corrected chi connectivity index (χ3v) is 3.84. The van der Waals surface area contributed by atoms with Crippen molar-refractivity contribution in [1.29, 1.82) is 0 Å². The number of hydrogen-bond donors (Lipinski definition) is 0. The van der Waals surface area contributed by atoms with Crippen molar-refractivity contribution in [3.05, 3.63) is 51.8 Å². The van der Waals surface area contributed by atoms with Crippen molar-refractivity contribution in [3.63, 3.8) is 0 Å². The number of ketones is 1. The first kappa shape index (κ1) is 15.1. The lowest BCUT2D eigenvalue weighted by molar-refractivity contribution is 0.0992. The van der Waals surface area contributed by atoms with E-state index in [0.29, 0.717) is 21.7 Å². The van der Waals surface area contributed by atoms with Crippen LogP contribution in [0.15, 0.2) is 30.5 Å². The van der Waals surface area contributed by atoms with Gasteiger partial charge in [0, 0.05) is 22.8 Å². The quantitative estimate of drug-likeness (QED) is 0.757. The highest BCUT2D eigenvalue weighted by molar-refractivity contribution is 6.35. The van der Waals surface area contributed by atoms with Gasteiger partial charge in [0.2, 0.25) is 0 Å². The first-order valence-corrected chi connectivity index (χ1v) is 7.29. The summed E-state index contributed by atoms with van der Waals surface area (Å²) in [6.45, 7) is 4.19. The Morgan fingerprint density at radius 1 is 1.35 bits per heavy atom. The van der Waals surface area contributed by atoms with Crippen molar-refractivity contribution in [2.24, 2.45) is 0 Å². The van der Waals surface area contributed by atoms with Gasteiger partial charge in [0.25, 0.3) is 0 Å². The van der Waals surface area contributed by atoms with E-state index < -0.39 is 0 Å². The summed E-state index contributed by atoms with van der Waals surface area (Å²) in [5.74, 6) is -0.0769. The number of carbonyl (C=O) groups is 1. The van der Waals surface area contributed by atoms with Crippen LogP contribution in [0.25, 0.3) is 0 Å². The van der Waals surface area contributed by atoms with Gasteiger partial charge in [-0.1, -0.05) is 30.1 Å². The molecule has 2 rings (SSSR count). The molecule has 1 unspecified atom stereocenters. The fourth-order valence-corrected chi connectivity index (χ4v) is 2.27. The summed E-state index contributed by atoms with van der Waals surface area (Å²) in [4.78, 5) is 12.2. The fourth-order valence-electron chi connectivity index (χ4n) is 1.88. The normalized spacial score (nSPS) is 12.4. The number of nitrogens with zero attached hydrogens (tertiary/aromatic N) is 2. The number of halogens is 2. The van der Waals surface area contributed by atoms with Gasteiger partial charge in [-0.3, -0.25) is 9.48 Å². The van der Waals surface area contributed by atoms with Crippen LogP contribution >= 0.6 is 23.2 Å². The molecule has 0 N–H and O–H groups in total. The third kappa shape index (κ3) is 3.41. The van der Waals surface area contributed by atoms with Crippen molar-refractivity contribution < 1.29 is 4.79 Å². The van der Waals surface area contributed by atoms with E-state index in [-0.39, 0.29) is 12.2 Å². The van der Waals surface area contributed by atoms with Crippen molar-refractivity contribution in [2.45, 2.75) is 32.7 Å². The van der Waals surface area contributed by atoms with Crippen molar-refractivity contribution in [3.8, 4) is 0 Å². The summed E-state index contributed by atoms with van der Waals surface area (Å²) < 4.78 is 1.88. The minimum Gasteiger partial charge on any atom is -0.294 e. The molecule has 3 nitrogen and oxygen atoms in total. The van der Waals surface area contributed by atoms with E-state index in [1.54, 1.807) is 18.2 Å². The topological polar surface area (TPSA) is 34.9 Å². The van der Waals surface area contributed by atoms with Crippen LogP contribution < -0.4 is 0 Å². The molecule has 1 aromatic heterocycles. The molecular weight excluding hydrogens is 295 g/mol. The molecule has 0 saturated heterocycles. The molecule has 0 aliphatic rings. The number of benzene rings is 1. The second-order valence-corrected chi connectivity index (χ2v) is 5.61. The van der Waals surface area contributed by atoms with Gasteiger partial charge in [0.15, 0.2) is 5.78 Å². The van der Waals surface area contributed by atoms with Crippen LogP contribution in [0.5, 0.6) is 0 Å². The van der Waals surface area contributed by atoms with E-state index in [0.717, 1.165) is 12.1 Å². The first-order valence-electron chi connectivity index (χ1n) is 6.53. The lowest BCUT2D eigenvalue weighted by Crippen LogP contribution is -2.08. The predicted molar refractivity (Wildman–Crippen MR) is 81.7 cm³/mol. The molecule has 1 heterocycles. The lowest BCUT2D eigenvalue weighted by Gasteiger charge is -2.08. The highest BCUT2D eigenvalue weighted by Crippen LogP contribution is 2.22. The highest BCUT2D eigenvalue weighted by atomic mass is 35.5. The van der Waals surface area contributed by atoms with Crippen LogP contribution in [-0.2, 0) is 6.42 Å². The summed E-state index contributed by atoms with van der Waals surface area (Å²) in [7, 11) is 0. The van der Waals surface area contributed by atoms with Gasteiger partial charge in [-0.15, -0.1) is 0 Å². The summed E-state index contributed by atoms with van der Waals surface area (Å²) in [5, 5.41) is 5.34. The van der Waals surface area contributed by atoms with E-state index >= 15 is 0 Å². The second kappa shape index (κ2) is 6.42. The number of carbonyl (C=O) groups excluding carboxylic acids is 1. The Balaban J connectivity index is 2.15. The molecule has 0 bridgehead atoms. The Morgan fingerprint density at radius 2 is 2.10 bits per heavy atom. The van der Waals surface area contributed by atoms with Gasteiger partial charge in [-0.25, -0.2) is 0 Å². The Kier molecular flexibility index (Phi) is 4.84. The monoisotopic (exact) mass is 310 g/mol. The van der Waals surface area contributed by atoms with Crippen LogP contribution in [0.1, 0.15) is 42.4 Å². The lowest BCUT2D eigenvalue weighted by atomic mass is 10.1. The fraction of sp³-hybridized carbons (Fsp3) is 0.333. The van der Waals surface area contributed by atoms with Crippen LogP contribution in [0.4, 0.5) is 0 Å². The molecule has 0 aliphatic heterocycles. The first-order chi connectivity index (χ1) is 9.51. The molecule has 0 saturated carbocycles. The molecule has 0 spiro atoms. The van der Waals surface area contributed by atoms with Gasteiger partial charge in [0.05, 0.1) is 17.1 Å². The van der Waals surface area contributed by atoms with E-state index in [1.807, 2.05) is 16.9 Å². The Hall–Kier alpha value is -1.32. The largest absolute Gasteiger partial charge is 0.294 e. The van der Waals surface area contributed by atoms with E-state index in [9.17, 15) is 4.79 Å². The zero-order valence-corrected chi connectivity index (χ0v) is 12.9. The molecule has 1 aromatic carbocycles. The van der Waals surface area contributed by atoms with Crippen LogP contribution in [0.3, 0.4) is 0 Å². The molecule has 0 fully saturated rings. The average molecular weight is 311 g/mol. The molecule has 0 aliphatic carbocycles. The van der Waals surface area contributed by atoms with Crippen molar-refractivity contribution in [1.82, 2.24) is 9.78 Å². The zero-order chi connectivity index (χ0) is 14.7. The number of hydrogen-bond acceptors (Lipinski definition) is 2. The van der Waals surface area contributed by atoms with E-state index in [2.05, 4.69) is 18.9 Å². The summed E-state index contributed by atoms with van der Waals surface area (Å²) in [6.07, 6.45) is 3.12. The van der Waals surface area contributed by atoms with Crippen LogP contribution in [-0.4, -0.2) is 15.6 Å². The Bertz CT molecular complexity index is 622. The number of Topliss-reactive ketones (excluding diaryl/α,β-unsaturated/α-hetero) is 1.